The molecule has 94 valence electrons. The van der Waals surface area contributed by atoms with Gasteiger partial charge in [-0.05, 0) is 32.2 Å². The van der Waals surface area contributed by atoms with Gasteiger partial charge in [-0.1, -0.05) is 0 Å². The maximum absolute atomic E-state index is 11.8. The van der Waals surface area contributed by atoms with E-state index in [1.807, 2.05) is 0 Å². The van der Waals surface area contributed by atoms with Crippen molar-refractivity contribution >= 4 is 10.0 Å². The molecule has 0 aromatic carbocycles. The molecule has 2 aliphatic rings. The van der Waals surface area contributed by atoms with Crippen LogP contribution in [0.3, 0.4) is 0 Å². The van der Waals surface area contributed by atoms with Gasteiger partial charge in [0.1, 0.15) is 0 Å². The number of rotatable bonds is 5. The number of nitrogens with one attached hydrogen (secondary N) is 2. The summed E-state index contributed by atoms with van der Waals surface area (Å²) in [6.45, 7) is 2.71. The van der Waals surface area contributed by atoms with Crippen molar-refractivity contribution in [3.63, 3.8) is 0 Å². The number of ether oxygens (including phenoxy) is 1. The molecule has 2 N–H and O–H groups in total. The third-order valence-corrected chi connectivity index (χ3v) is 5.13. The second-order valence-corrected chi connectivity index (χ2v) is 6.52. The highest BCUT2D eigenvalue weighted by Gasteiger charge is 2.28. The first-order valence-electron chi connectivity index (χ1n) is 5.99. The smallest absolute Gasteiger partial charge is 0.215 e. The summed E-state index contributed by atoms with van der Waals surface area (Å²) in [6, 6.07) is 0. The Morgan fingerprint density at radius 3 is 2.88 bits per heavy atom. The van der Waals surface area contributed by atoms with Crippen LogP contribution in [0.15, 0.2) is 0 Å². The van der Waals surface area contributed by atoms with Crippen LogP contribution < -0.4 is 10.0 Å². The number of hydrogen-bond acceptors (Lipinski definition) is 4. The van der Waals surface area contributed by atoms with Crippen molar-refractivity contribution in [1.29, 1.82) is 0 Å². The summed E-state index contributed by atoms with van der Waals surface area (Å²) in [5, 5.41) is 2.81. The van der Waals surface area contributed by atoms with E-state index in [2.05, 4.69) is 10.0 Å². The lowest BCUT2D eigenvalue weighted by atomic mass is 10.2. The zero-order chi connectivity index (χ0) is 11.4. The minimum absolute atomic E-state index is 0.253. The summed E-state index contributed by atoms with van der Waals surface area (Å²) < 4.78 is 31.8. The van der Waals surface area contributed by atoms with E-state index in [0.717, 1.165) is 38.8 Å². The topological polar surface area (TPSA) is 67.4 Å². The fraction of sp³-hybridized carbons (Fsp3) is 1.00. The highest BCUT2D eigenvalue weighted by atomic mass is 32.2. The van der Waals surface area contributed by atoms with Crippen LogP contribution in [0.25, 0.3) is 0 Å². The van der Waals surface area contributed by atoms with Gasteiger partial charge in [0.15, 0.2) is 0 Å². The van der Waals surface area contributed by atoms with Gasteiger partial charge in [-0.3, -0.25) is 0 Å². The van der Waals surface area contributed by atoms with Crippen molar-refractivity contribution < 1.29 is 13.2 Å². The molecule has 0 bridgehead atoms. The normalized spacial score (nSPS) is 31.0. The molecule has 6 heteroatoms. The average molecular weight is 248 g/mol. The standard InChI is InChI=1S/C10H20N2O3S/c13-16(14,10-4-5-11-8-10)12-6-3-9-2-1-7-15-9/h9-12H,1-8H2. The van der Waals surface area contributed by atoms with Crippen LogP contribution in [-0.2, 0) is 14.8 Å². The molecule has 2 saturated heterocycles. The van der Waals surface area contributed by atoms with Crippen LogP contribution in [0.1, 0.15) is 25.7 Å². The molecular formula is C10H20N2O3S. The highest BCUT2D eigenvalue weighted by molar-refractivity contribution is 7.90. The van der Waals surface area contributed by atoms with Crippen molar-refractivity contribution in [2.45, 2.75) is 37.0 Å². The predicted molar refractivity (Wildman–Crippen MR) is 61.8 cm³/mol. The zero-order valence-corrected chi connectivity index (χ0v) is 10.3. The molecule has 0 amide bonds. The maximum Gasteiger partial charge on any atom is 0.215 e. The summed E-state index contributed by atoms with van der Waals surface area (Å²) in [4.78, 5) is 0. The van der Waals surface area contributed by atoms with E-state index in [1.54, 1.807) is 0 Å². The lowest BCUT2D eigenvalue weighted by Gasteiger charge is -2.13. The lowest BCUT2D eigenvalue weighted by Crippen LogP contribution is -2.37. The second kappa shape index (κ2) is 5.44. The fourth-order valence-electron chi connectivity index (χ4n) is 2.25. The Balaban J connectivity index is 1.71. The van der Waals surface area contributed by atoms with Gasteiger partial charge in [-0.2, -0.15) is 0 Å². The van der Waals surface area contributed by atoms with Crippen LogP contribution in [0, 0.1) is 0 Å². The molecule has 5 nitrogen and oxygen atoms in total. The lowest BCUT2D eigenvalue weighted by molar-refractivity contribution is 0.105. The van der Waals surface area contributed by atoms with E-state index >= 15 is 0 Å². The monoisotopic (exact) mass is 248 g/mol. The first-order chi connectivity index (χ1) is 7.68. The molecule has 0 radical (unpaired) electrons. The first kappa shape index (κ1) is 12.3. The van der Waals surface area contributed by atoms with Gasteiger partial charge in [0, 0.05) is 19.7 Å². The van der Waals surface area contributed by atoms with Gasteiger partial charge in [0.2, 0.25) is 10.0 Å². The summed E-state index contributed by atoms with van der Waals surface area (Å²) >= 11 is 0. The fourth-order valence-corrected chi connectivity index (χ4v) is 3.65. The summed E-state index contributed by atoms with van der Waals surface area (Å²) in [7, 11) is -3.12. The Labute approximate surface area is 97.0 Å². The molecule has 0 aliphatic carbocycles. The van der Waals surface area contributed by atoms with Gasteiger partial charge >= 0.3 is 0 Å². The van der Waals surface area contributed by atoms with Crippen molar-refractivity contribution in [3.8, 4) is 0 Å². The van der Waals surface area contributed by atoms with Crippen molar-refractivity contribution in [2.24, 2.45) is 0 Å². The highest BCUT2D eigenvalue weighted by Crippen LogP contribution is 2.15. The van der Waals surface area contributed by atoms with Crippen LogP contribution >= 0.6 is 0 Å². The molecular weight excluding hydrogens is 228 g/mol. The third kappa shape index (κ3) is 3.16. The van der Waals surface area contributed by atoms with Crippen molar-refractivity contribution in [1.82, 2.24) is 10.0 Å². The molecule has 2 atom stereocenters. The second-order valence-electron chi connectivity index (χ2n) is 4.48. The van der Waals surface area contributed by atoms with Gasteiger partial charge in [0.05, 0.1) is 11.4 Å². The summed E-state index contributed by atoms with van der Waals surface area (Å²) in [5.41, 5.74) is 0. The average Bonchev–Trinajstić information content (AvgIpc) is 2.90. The Morgan fingerprint density at radius 2 is 2.25 bits per heavy atom. The molecule has 0 aromatic heterocycles. The van der Waals surface area contributed by atoms with Gasteiger partial charge in [0.25, 0.3) is 0 Å². The van der Waals surface area contributed by atoms with Gasteiger partial charge < -0.3 is 10.1 Å². The molecule has 0 aromatic rings. The minimum Gasteiger partial charge on any atom is -0.378 e. The number of sulfonamides is 1. The first-order valence-corrected chi connectivity index (χ1v) is 7.54. The summed E-state index contributed by atoms with van der Waals surface area (Å²) in [5.74, 6) is 0. The van der Waals surface area contributed by atoms with Crippen LogP contribution in [0.2, 0.25) is 0 Å². The Kier molecular flexibility index (Phi) is 4.18. The molecule has 2 aliphatic heterocycles. The molecule has 2 rings (SSSR count). The Bertz CT molecular complexity index is 306. The van der Waals surface area contributed by atoms with Crippen molar-refractivity contribution in [2.75, 3.05) is 26.2 Å². The van der Waals surface area contributed by atoms with E-state index in [-0.39, 0.29) is 11.4 Å². The van der Waals surface area contributed by atoms with Crippen LogP contribution in [0.4, 0.5) is 0 Å². The van der Waals surface area contributed by atoms with Crippen LogP contribution in [-0.4, -0.2) is 46.0 Å². The molecule has 0 saturated carbocycles. The van der Waals surface area contributed by atoms with E-state index < -0.39 is 10.0 Å². The van der Waals surface area contributed by atoms with E-state index in [4.69, 9.17) is 4.74 Å². The SMILES string of the molecule is O=S(=O)(NCCC1CCCO1)C1CCNC1. The van der Waals surface area contributed by atoms with Gasteiger partial charge in [-0.15, -0.1) is 0 Å². The predicted octanol–water partition coefficient (Wildman–Crippen LogP) is -0.163. The van der Waals surface area contributed by atoms with Gasteiger partial charge in [-0.25, -0.2) is 13.1 Å². The molecule has 0 spiro atoms. The maximum atomic E-state index is 11.8. The molecule has 2 heterocycles. The van der Waals surface area contributed by atoms with E-state index in [0.29, 0.717) is 13.1 Å². The largest absolute Gasteiger partial charge is 0.378 e. The Hall–Kier alpha value is -0.170. The zero-order valence-electron chi connectivity index (χ0n) is 9.44. The molecule has 2 fully saturated rings. The molecule has 2 unspecified atom stereocenters. The summed E-state index contributed by atoms with van der Waals surface area (Å²) in [6.07, 6.45) is 3.93. The molecule has 16 heavy (non-hydrogen) atoms. The quantitative estimate of drug-likeness (QED) is 0.709. The van der Waals surface area contributed by atoms with Crippen molar-refractivity contribution in [3.05, 3.63) is 0 Å². The van der Waals surface area contributed by atoms with E-state index in [9.17, 15) is 8.42 Å². The Morgan fingerprint density at radius 1 is 1.38 bits per heavy atom. The van der Waals surface area contributed by atoms with E-state index in [1.165, 1.54) is 0 Å². The number of hydrogen-bond donors (Lipinski definition) is 2. The van der Waals surface area contributed by atoms with Crippen LogP contribution in [0.5, 0.6) is 0 Å². The minimum atomic E-state index is -3.12. The third-order valence-electron chi connectivity index (χ3n) is 3.25.